The van der Waals surface area contributed by atoms with E-state index in [9.17, 15) is 8.42 Å². The lowest BCUT2D eigenvalue weighted by Crippen LogP contribution is -2.03. The molecule has 8 N–H and O–H groups in total. The molecule has 0 bridgehead atoms. The van der Waals surface area contributed by atoms with Gasteiger partial charge in [0.2, 0.25) is 5.89 Å². The maximum atomic E-state index is 12.2. The Morgan fingerprint density at radius 3 is 1.97 bits per heavy atom. The van der Waals surface area contributed by atoms with Crippen LogP contribution >= 0.6 is 24.4 Å². The van der Waals surface area contributed by atoms with Gasteiger partial charge in [-0.25, -0.2) is 13.4 Å². The van der Waals surface area contributed by atoms with Gasteiger partial charge in [0.15, 0.2) is 15.6 Å². The number of aromatic nitrogens is 1. The van der Waals surface area contributed by atoms with Gasteiger partial charge in [0.25, 0.3) is 10.3 Å². The van der Waals surface area contributed by atoms with Crippen LogP contribution in [0.1, 0.15) is 26.2 Å². The first kappa shape index (κ1) is 33.9. The molecule has 1 heterocycles. The molecule has 9 nitrogen and oxygen atoms in total. The van der Waals surface area contributed by atoms with E-state index in [2.05, 4.69) is 47.5 Å². The third-order valence-corrected chi connectivity index (χ3v) is 5.12. The van der Waals surface area contributed by atoms with Crippen molar-refractivity contribution in [3.8, 4) is 22.6 Å². The van der Waals surface area contributed by atoms with Gasteiger partial charge in [-0.1, -0.05) is 62.9 Å². The zero-order valence-electron chi connectivity index (χ0n) is 18.5. The van der Waals surface area contributed by atoms with Crippen molar-refractivity contribution in [2.75, 3.05) is 6.26 Å². The van der Waals surface area contributed by atoms with Gasteiger partial charge in [-0.3, -0.25) is 0 Å². The van der Waals surface area contributed by atoms with Crippen LogP contribution in [0.4, 0.5) is 0 Å². The van der Waals surface area contributed by atoms with E-state index in [1.807, 2.05) is 37.3 Å². The van der Waals surface area contributed by atoms with Gasteiger partial charge in [-0.05, 0) is 36.6 Å². The molecule has 0 aliphatic rings. The molecule has 0 saturated carbocycles. The van der Waals surface area contributed by atoms with Crippen molar-refractivity contribution in [1.29, 1.82) is 0 Å². The monoisotopic (exact) mass is 541 g/mol. The fraction of sp³-hybridized carbons (Fsp3) is 0.174. The highest BCUT2D eigenvalue weighted by Crippen LogP contribution is 2.37. The van der Waals surface area contributed by atoms with Crippen molar-refractivity contribution in [3.63, 3.8) is 0 Å². The second-order valence-corrected chi connectivity index (χ2v) is 9.39. The molecule has 192 valence electrons. The summed E-state index contributed by atoms with van der Waals surface area (Å²) in [6.07, 6.45) is 2.94. The summed E-state index contributed by atoms with van der Waals surface area (Å²) in [6, 6.07) is 16.4. The highest BCUT2D eigenvalue weighted by molar-refractivity contribution is 7.90. The Morgan fingerprint density at radius 1 is 1.06 bits per heavy atom. The highest BCUT2D eigenvalue weighted by Gasteiger charge is 2.23. The van der Waals surface area contributed by atoms with Gasteiger partial charge >= 0.3 is 0 Å². The summed E-state index contributed by atoms with van der Waals surface area (Å²) in [5.41, 5.74) is 10.8. The zero-order chi connectivity index (χ0) is 25.2. The molecular weight excluding hydrogens is 510 g/mol. The van der Waals surface area contributed by atoms with Crippen molar-refractivity contribution < 1.29 is 28.5 Å². The van der Waals surface area contributed by atoms with E-state index in [1.165, 1.54) is 6.26 Å². The number of aliphatic hydroxyl groups is 2. The minimum Gasteiger partial charge on any atom is -0.487 e. The summed E-state index contributed by atoms with van der Waals surface area (Å²) in [5, 5.41) is 14.1. The van der Waals surface area contributed by atoms with Crippen LogP contribution < -0.4 is 11.5 Å². The molecule has 1 atom stereocenters. The average molecular weight is 542 g/mol. The Balaban J connectivity index is 0. The minimum absolute atomic E-state index is 0. The van der Waals surface area contributed by atoms with E-state index in [0.29, 0.717) is 22.9 Å². The van der Waals surface area contributed by atoms with Crippen LogP contribution in [0.2, 0.25) is 0 Å². The lowest BCUT2D eigenvalue weighted by atomic mass is 10.1. The predicted molar refractivity (Wildman–Crippen MR) is 148 cm³/mol. The predicted octanol–water partition coefficient (Wildman–Crippen LogP) is 4.09. The number of oxazole rings is 1. The molecule has 0 spiro atoms. The Morgan fingerprint density at radius 2 is 1.51 bits per heavy atom. The smallest absolute Gasteiger partial charge is 0.251 e. The fourth-order valence-corrected chi connectivity index (χ4v) is 3.47. The highest BCUT2D eigenvalue weighted by atomic mass is 32.2. The van der Waals surface area contributed by atoms with Crippen LogP contribution in [-0.2, 0) is 9.84 Å². The van der Waals surface area contributed by atoms with Crippen LogP contribution in [0.15, 0.2) is 76.6 Å². The van der Waals surface area contributed by atoms with E-state index in [1.54, 1.807) is 30.3 Å². The van der Waals surface area contributed by atoms with Crippen LogP contribution in [0.5, 0.6) is 0 Å². The number of sulfone groups is 1. The molecule has 3 aromatic rings. The van der Waals surface area contributed by atoms with Gasteiger partial charge in [-0.2, -0.15) is 0 Å². The average Bonchev–Trinajstić information content (AvgIpc) is 3.18. The van der Waals surface area contributed by atoms with E-state index < -0.39 is 20.2 Å². The molecule has 0 fully saturated rings. The number of nitrogens with zero attached hydrogens (tertiary/aromatic N) is 1. The molecule has 12 heteroatoms. The number of rotatable bonds is 5. The second kappa shape index (κ2) is 15.6. The van der Waals surface area contributed by atoms with E-state index in [0.717, 1.165) is 5.56 Å². The first-order valence-corrected chi connectivity index (χ1v) is 12.0. The number of hydrogen-bond acceptors (Lipinski definition) is 6. The summed E-state index contributed by atoms with van der Waals surface area (Å²) >= 11 is 7.74. The standard InChI is InChI=1S/C20H19NO3S.2CH3NOS.CH4.H2O/c1-4-14(2)20-21-18(15-10-6-5-7-11-15)19(24-20)16-12-8-9-13-17(16)25(3,22)23;2*2-1(3)4;;/h4-14H,1H2,2-3H3;2*(H3,2,3,4);1H4;1H2. The molecule has 0 radical (unpaired) electrons. The van der Waals surface area contributed by atoms with E-state index in [4.69, 9.17) is 14.6 Å². The van der Waals surface area contributed by atoms with Crippen LogP contribution in [0, 0.1) is 0 Å². The summed E-state index contributed by atoms with van der Waals surface area (Å²) in [4.78, 5) is 4.84. The molecule has 1 unspecified atom stereocenters. The fourth-order valence-electron chi connectivity index (χ4n) is 2.58. The number of thiocarbonyl (C=S) groups is 2. The summed E-state index contributed by atoms with van der Waals surface area (Å²) < 4.78 is 30.4. The number of aliphatic hydroxyl groups excluding tert-OH is 2. The van der Waals surface area contributed by atoms with Gasteiger partial charge in [-0.15, -0.1) is 6.58 Å². The maximum Gasteiger partial charge on any atom is 0.251 e. The second-order valence-electron chi connectivity index (χ2n) is 6.57. The minimum atomic E-state index is -3.41. The van der Waals surface area contributed by atoms with E-state index >= 15 is 0 Å². The topological polar surface area (TPSA) is 184 Å². The molecule has 35 heavy (non-hydrogen) atoms. The van der Waals surface area contributed by atoms with Gasteiger partial charge in [0, 0.05) is 17.4 Å². The largest absolute Gasteiger partial charge is 0.487 e. The number of allylic oxidation sites excluding steroid dienone is 1. The SMILES string of the molecule is C.C=CC(C)c1nc(-c2ccccc2)c(-c2ccccc2S(C)(=O)=O)o1.NC(O)=S.NC(O)=S.O. The van der Waals surface area contributed by atoms with Gasteiger partial charge in [0.1, 0.15) is 5.69 Å². The third-order valence-electron chi connectivity index (χ3n) is 3.97. The quantitative estimate of drug-likeness (QED) is 0.271. The molecule has 2 aromatic carbocycles. The van der Waals surface area contributed by atoms with Crippen LogP contribution in [0.25, 0.3) is 22.6 Å². The van der Waals surface area contributed by atoms with Gasteiger partial charge < -0.3 is 31.6 Å². The number of benzene rings is 2. The number of nitrogens with two attached hydrogens (primary N) is 2. The molecule has 1 aromatic heterocycles. The molecule has 0 aliphatic heterocycles. The Hall–Kier alpha value is -3.32. The van der Waals surface area contributed by atoms with Crippen molar-refractivity contribution >= 4 is 44.6 Å². The number of hydrogen-bond donors (Lipinski definition) is 4. The maximum absolute atomic E-state index is 12.2. The molecule has 0 saturated heterocycles. The van der Waals surface area contributed by atoms with E-state index in [-0.39, 0.29) is 23.7 Å². The lowest BCUT2D eigenvalue weighted by molar-refractivity contribution is 0.494. The Labute approximate surface area is 216 Å². The van der Waals surface area contributed by atoms with Crippen LogP contribution in [-0.4, -0.2) is 45.7 Å². The first-order valence-electron chi connectivity index (χ1n) is 9.33. The van der Waals surface area contributed by atoms with Crippen molar-refractivity contribution in [1.82, 2.24) is 4.98 Å². The van der Waals surface area contributed by atoms with Crippen molar-refractivity contribution in [3.05, 3.63) is 73.1 Å². The Bertz CT molecular complexity index is 1190. The van der Waals surface area contributed by atoms with Crippen molar-refractivity contribution in [2.45, 2.75) is 25.2 Å². The molecule has 3 rings (SSSR count). The first-order chi connectivity index (χ1) is 15.4. The summed E-state index contributed by atoms with van der Waals surface area (Å²) in [7, 11) is -3.41. The zero-order valence-corrected chi connectivity index (χ0v) is 21.0. The van der Waals surface area contributed by atoms with Crippen LogP contribution in [0.3, 0.4) is 0 Å². The molecule has 0 amide bonds. The summed E-state index contributed by atoms with van der Waals surface area (Å²) in [6.45, 7) is 5.71. The van der Waals surface area contributed by atoms with Crippen molar-refractivity contribution in [2.24, 2.45) is 11.5 Å². The normalized spacial score (nSPS) is 10.5. The lowest BCUT2D eigenvalue weighted by Gasteiger charge is -2.07. The Kier molecular flexibility index (Phi) is 15.0. The molecular formula is C23H31N3O6S3. The third kappa shape index (κ3) is 11.1. The molecule has 0 aliphatic carbocycles. The summed E-state index contributed by atoms with van der Waals surface area (Å²) in [5.74, 6) is 0.879. The van der Waals surface area contributed by atoms with Gasteiger partial charge in [0.05, 0.1) is 10.8 Å².